The van der Waals surface area contributed by atoms with Crippen LogP contribution in [-0.4, -0.2) is 9.13 Å². The first kappa shape index (κ1) is 23.4. The summed E-state index contributed by atoms with van der Waals surface area (Å²) >= 11 is 0. The molecule has 6 aromatic carbocycles. The Morgan fingerprint density at radius 1 is 0.581 bits per heavy atom. The molecule has 0 N–H and O–H groups in total. The van der Waals surface area contributed by atoms with Gasteiger partial charge in [0, 0.05) is 32.6 Å². The zero-order chi connectivity index (χ0) is 28.7. The standard InChI is InChI=1S/C38H20N4O/c1-40-24-14-16-35-29(20-24)28-10-4-5-11-32(28)41(35)25-15-17-37-30(21-25)31-18-23(22-39)19-36(38(31)43-37)42-33-12-6-2-8-26(33)27-9-3-7-13-34(27)42/h2-21H. The van der Waals surface area contributed by atoms with E-state index in [0.717, 1.165) is 76.9 Å². The first-order valence-corrected chi connectivity index (χ1v) is 14.0. The summed E-state index contributed by atoms with van der Waals surface area (Å²) in [6, 6.07) is 43.3. The average Bonchev–Trinajstić information content (AvgIpc) is 3.71. The number of rotatable bonds is 2. The maximum atomic E-state index is 10.1. The Kier molecular flexibility index (Phi) is 4.68. The molecular formula is C38H20N4O. The van der Waals surface area contributed by atoms with Crippen LogP contribution in [0.25, 0.3) is 81.8 Å². The second-order valence-corrected chi connectivity index (χ2v) is 10.8. The summed E-state index contributed by atoms with van der Waals surface area (Å²) in [6.07, 6.45) is 0. The maximum absolute atomic E-state index is 10.1. The number of hydrogen-bond acceptors (Lipinski definition) is 2. The van der Waals surface area contributed by atoms with E-state index in [1.54, 1.807) is 0 Å². The van der Waals surface area contributed by atoms with Crippen LogP contribution < -0.4 is 0 Å². The van der Waals surface area contributed by atoms with E-state index in [0.29, 0.717) is 11.3 Å². The number of para-hydroxylation sites is 3. The highest BCUT2D eigenvalue weighted by Crippen LogP contribution is 2.40. The number of aromatic nitrogens is 2. The number of nitrogens with zero attached hydrogens (tertiary/aromatic N) is 4. The molecule has 0 spiro atoms. The van der Waals surface area contributed by atoms with Gasteiger partial charge in [0.1, 0.15) is 5.58 Å². The van der Waals surface area contributed by atoms with E-state index in [-0.39, 0.29) is 0 Å². The van der Waals surface area contributed by atoms with Gasteiger partial charge in [-0.25, -0.2) is 4.85 Å². The molecule has 0 radical (unpaired) electrons. The molecule has 9 aromatic rings. The third kappa shape index (κ3) is 3.19. The van der Waals surface area contributed by atoms with Gasteiger partial charge in [0.15, 0.2) is 11.3 Å². The van der Waals surface area contributed by atoms with Crippen LogP contribution >= 0.6 is 0 Å². The molecular weight excluding hydrogens is 528 g/mol. The van der Waals surface area contributed by atoms with Gasteiger partial charge in [0.25, 0.3) is 0 Å². The van der Waals surface area contributed by atoms with Gasteiger partial charge in [0.2, 0.25) is 0 Å². The molecule has 0 amide bonds. The largest absolute Gasteiger partial charge is 0.454 e. The quantitative estimate of drug-likeness (QED) is 0.202. The van der Waals surface area contributed by atoms with E-state index < -0.39 is 0 Å². The molecule has 5 heteroatoms. The minimum absolute atomic E-state index is 0.570. The Morgan fingerprint density at radius 2 is 1.21 bits per heavy atom. The lowest BCUT2D eigenvalue weighted by Gasteiger charge is -2.09. The van der Waals surface area contributed by atoms with Gasteiger partial charge in [-0.15, -0.1) is 0 Å². The lowest BCUT2D eigenvalue weighted by molar-refractivity contribution is 0.666. The van der Waals surface area contributed by atoms with Gasteiger partial charge in [-0.1, -0.05) is 60.7 Å². The van der Waals surface area contributed by atoms with E-state index in [2.05, 4.69) is 80.7 Å². The summed E-state index contributed by atoms with van der Waals surface area (Å²) in [6.45, 7) is 7.52. The zero-order valence-corrected chi connectivity index (χ0v) is 22.7. The lowest BCUT2D eigenvalue weighted by Crippen LogP contribution is -1.95. The molecule has 0 bridgehead atoms. The molecule has 0 unspecified atom stereocenters. The van der Waals surface area contributed by atoms with Crippen molar-refractivity contribution >= 4 is 71.2 Å². The van der Waals surface area contributed by atoms with Crippen molar-refractivity contribution in [2.45, 2.75) is 0 Å². The highest BCUT2D eigenvalue weighted by Gasteiger charge is 2.20. The number of fused-ring (bicyclic) bond motifs is 9. The van der Waals surface area contributed by atoms with Crippen molar-refractivity contribution in [2.75, 3.05) is 0 Å². The lowest BCUT2D eigenvalue weighted by atomic mass is 10.1. The second-order valence-electron chi connectivity index (χ2n) is 10.8. The number of hydrogen-bond donors (Lipinski definition) is 0. The summed E-state index contributed by atoms with van der Waals surface area (Å²) in [5.41, 5.74) is 8.73. The zero-order valence-electron chi connectivity index (χ0n) is 22.7. The molecule has 0 fully saturated rings. The monoisotopic (exact) mass is 548 g/mol. The fourth-order valence-corrected chi connectivity index (χ4v) is 6.71. The van der Waals surface area contributed by atoms with Crippen molar-refractivity contribution in [2.24, 2.45) is 0 Å². The molecule has 0 atom stereocenters. The minimum Gasteiger partial charge on any atom is -0.454 e. The maximum Gasteiger partial charge on any atom is 0.188 e. The van der Waals surface area contributed by atoms with Gasteiger partial charge < -0.3 is 13.6 Å². The van der Waals surface area contributed by atoms with Crippen LogP contribution in [0, 0.1) is 17.9 Å². The van der Waals surface area contributed by atoms with Crippen LogP contribution in [0.15, 0.2) is 126 Å². The molecule has 0 aliphatic carbocycles. The third-order valence-electron chi connectivity index (χ3n) is 8.53. The molecule has 5 nitrogen and oxygen atoms in total. The molecule has 3 heterocycles. The summed E-state index contributed by atoms with van der Waals surface area (Å²) in [4.78, 5) is 3.66. The molecule has 198 valence electrons. The van der Waals surface area contributed by atoms with E-state index >= 15 is 0 Å². The van der Waals surface area contributed by atoms with Crippen LogP contribution in [0.3, 0.4) is 0 Å². The first-order valence-electron chi connectivity index (χ1n) is 14.0. The van der Waals surface area contributed by atoms with Gasteiger partial charge in [0.05, 0.1) is 46.0 Å². The molecule has 0 aliphatic heterocycles. The summed E-state index contributed by atoms with van der Waals surface area (Å²) < 4.78 is 11.1. The normalized spacial score (nSPS) is 11.7. The van der Waals surface area contributed by atoms with Crippen molar-refractivity contribution in [3.05, 3.63) is 138 Å². The Balaban J connectivity index is 1.36. The highest BCUT2D eigenvalue weighted by molar-refractivity contribution is 6.14. The van der Waals surface area contributed by atoms with Gasteiger partial charge in [-0.05, 0) is 66.0 Å². The smallest absolute Gasteiger partial charge is 0.188 e. The Bertz CT molecular complexity index is 2650. The fraction of sp³-hybridized carbons (Fsp3) is 0. The fourth-order valence-electron chi connectivity index (χ4n) is 6.71. The van der Waals surface area contributed by atoms with Crippen molar-refractivity contribution in [3.63, 3.8) is 0 Å². The first-order chi connectivity index (χ1) is 21.2. The van der Waals surface area contributed by atoms with E-state index in [1.807, 2.05) is 60.7 Å². The van der Waals surface area contributed by atoms with Crippen LogP contribution in [0.4, 0.5) is 5.69 Å². The highest BCUT2D eigenvalue weighted by atomic mass is 16.3. The Hall–Kier alpha value is -6.30. The van der Waals surface area contributed by atoms with Crippen molar-refractivity contribution in [1.29, 1.82) is 5.26 Å². The Morgan fingerprint density at radius 3 is 1.88 bits per heavy atom. The molecule has 0 aliphatic rings. The Labute approximate surface area is 245 Å². The predicted molar refractivity (Wildman–Crippen MR) is 173 cm³/mol. The SMILES string of the molecule is [C-]#[N+]c1ccc2c(c1)c1ccccc1n2-c1ccc2oc3c(-n4c5ccccc5c5ccccc54)cc(C#N)cc3c2c1. The van der Waals surface area contributed by atoms with Gasteiger partial charge >= 0.3 is 0 Å². The van der Waals surface area contributed by atoms with Crippen LogP contribution in [0.5, 0.6) is 0 Å². The number of benzene rings is 6. The third-order valence-corrected chi connectivity index (χ3v) is 8.53. The average molecular weight is 549 g/mol. The summed E-state index contributed by atoms with van der Waals surface area (Å²) in [7, 11) is 0. The summed E-state index contributed by atoms with van der Waals surface area (Å²) in [5.74, 6) is 0. The van der Waals surface area contributed by atoms with Crippen LogP contribution in [0.2, 0.25) is 0 Å². The van der Waals surface area contributed by atoms with Crippen molar-refractivity contribution < 1.29 is 4.42 Å². The van der Waals surface area contributed by atoms with Crippen molar-refractivity contribution in [3.8, 4) is 17.4 Å². The molecule has 0 saturated carbocycles. The van der Waals surface area contributed by atoms with Gasteiger partial charge in [-0.2, -0.15) is 5.26 Å². The van der Waals surface area contributed by atoms with Crippen LogP contribution in [-0.2, 0) is 0 Å². The number of nitriles is 1. The van der Waals surface area contributed by atoms with E-state index in [1.165, 1.54) is 0 Å². The van der Waals surface area contributed by atoms with Gasteiger partial charge in [-0.3, -0.25) is 0 Å². The molecule has 43 heavy (non-hydrogen) atoms. The topological polar surface area (TPSA) is 51.1 Å². The predicted octanol–water partition coefficient (Wildman–Crippen LogP) is 10.2. The molecule has 3 aromatic heterocycles. The second kappa shape index (κ2) is 8.60. The summed E-state index contributed by atoms with van der Waals surface area (Å²) in [5, 5.41) is 16.4. The van der Waals surface area contributed by atoms with E-state index in [4.69, 9.17) is 11.0 Å². The van der Waals surface area contributed by atoms with E-state index in [9.17, 15) is 5.26 Å². The number of furan rings is 1. The molecule has 9 rings (SSSR count). The van der Waals surface area contributed by atoms with Crippen LogP contribution in [0.1, 0.15) is 5.56 Å². The van der Waals surface area contributed by atoms with Crippen molar-refractivity contribution in [1.82, 2.24) is 9.13 Å². The molecule has 0 saturated heterocycles. The minimum atomic E-state index is 0.570.